The smallest absolute Gasteiger partial charge is 0.252 e. The minimum Gasteiger partial charge on any atom is -0.496 e. The Labute approximate surface area is 153 Å². The van der Waals surface area contributed by atoms with E-state index < -0.39 is 0 Å². The van der Waals surface area contributed by atoms with E-state index in [-0.39, 0.29) is 17.5 Å². The van der Waals surface area contributed by atoms with E-state index in [1.807, 2.05) is 18.2 Å². The van der Waals surface area contributed by atoms with Gasteiger partial charge in [-0.05, 0) is 38.1 Å². The summed E-state index contributed by atoms with van der Waals surface area (Å²) in [4.78, 5) is 28.6. The van der Waals surface area contributed by atoms with Crippen LogP contribution >= 0.6 is 0 Å². The molecule has 0 bridgehead atoms. The second-order valence-corrected chi connectivity index (χ2v) is 6.51. The standard InChI is InChI=1S/C20H25N3O3/c1-26-18-8-4-3-7-16(18)17(23-11-5-2-6-12-23)14-22-20(25)15-9-10-19(24)21-13-15/h3-4,7-10,13,17H,2,5-6,11-12,14H2,1H3,(H,21,24)(H,22,25). The number of hydrogen-bond donors (Lipinski definition) is 2. The summed E-state index contributed by atoms with van der Waals surface area (Å²) >= 11 is 0. The van der Waals surface area contributed by atoms with Gasteiger partial charge in [-0.3, -0.25) is 14.5 Å². The fraction of sp³-hybridized carbons (Fsp3) is 0.400. The maximum absolute atomic E-state index is 12.4. The van der Waals surface area contributed by atoms with Crippen LogP contribution in [0, 0.1) is 0 Å². The van der Waals surface area contributed by atoms with Crippen LogP contribution in [0.2, 0.25) is 0 Å². The largest absolute Gasteiger partial charge is 0.496 e. The lowest BCUT2D eigenvalue weighted by Gasteiger charge is -2.35. The highest BCUT2D eigenvalue weighted by atomic mass is 16.5. The maximum Gasteiger partial charge on any atom is 0.252 e. The van der Waals surface area contributed by atoms with Crippen molar-refractivity contribution in [3.8, 4) is 5.75 Å². The Balaban J connectivity index is 1.78. The SMILES string of the molecule is COc1ccccc1C(CNC(=O)c1ccc(=O)[nH]c1)N1CCCCC1. The highest BCUT2D eigenvalue weighted by Crippen LogP contribution is 2.30. The number of benzene rings is 1. The zero-order valence-electron chi connectivity index (χ0n) is 15.0. The molecule has 1 unspecified atom stereocenters. The molecule has 1 aromatic heterocycles. The summed E-state index contributed by atoms with van der Waals surface area (Å²) in [6.45, 7) is 2.51. The fourth-order valence-corrected chi connectivity index (χ4v) is 3.45. The Kier molecular flexibility index (Phi) is 6.07. The molecule has 2 aromatic rings. The molecule has 1 atom stereocenters. The molecule has 138 valence electrons. The molecule has 2 heterocycles. The Hall–Kier alpha value is -2.60. The Morgan fingerprint density at radius 1 is 1.19 bits per heavy atom. The predicted molar refractivity (Wildman–Crippen MR) is 101 cm³/mol. The number of amides is 1. The van der Waals surface area contributed by atoms with E-state index in [2.05, 4.69) is 21.3 Å². The third kappa shape index (κ3) is 4.32. The molecule has 0 spiro atoms. The number of ether oxygens (including phenoxy) is 1. The third-order valence-electron chi connectivity index (χ3n) is 4.83. The van der Waals surface area contributed by atoms with E-state index in [9.17, 15) is 9.59 Å². The van der Waals surface area contributed by atoms with E-state index >= 15 is 0 Å². The summed E-state index contributed by atoms with van der Waals surface area (Å²) in [5.41, 5.74) is 1.31. The van der Waals surface area contributed by atoms with Crippen LogP contribution in [0.15, 0.2) is 47.4 Å². The molecule has 1 fully saturated rings. The molecule has 3 rings (SSSR count). The third-order valence-corrected chi connectivity index (χ3v) is 4.83. The Morgan fingerprint density at radius 2 is 1.96 bits per heavy atom. The van der Waals surface area contributed by atoms with Crippen LogP contribution in [0.3, 0.4) is 0 Å². The molecule has 26 heavy (non-hydrogen) atoms. The van der Waals surface area contributed by atoms with Gasteiger partial charge in [0.05, 0.1) is 18.7 Å². The summed E-state index contributed by atoms with van der Waals surface area (Å²) < 4.78 is 5.54. The fourth-order valence-electron chi connectivity index (χ4n) is 3.45. The molecule has 0 saturated carbocycles. The number of piperidine rings is 1. The molecule has 1 aliphatic heterocycles. The van der Waals surface area contributed by atoms with Crippen LogP contribution in [0.5, 0.6) is 5.75 Å². The number of pyridine rings is 1. The van der Waals surface area contributed by atoms with E-state index in [0.717, 1.165) is 24.4 Å². The number of nitrogens with zero attached hydrogens (tertiary/aromatic N) is 1. The van der Waals surface area contributed by atoms with Crippen molar-refractivity contribution in [2.75, 3.05) is 26.7 Å². The van der Waals surface area contributed by atoms with Gasteiger partial charge >= 0.3 is 0 Å². The van der Waals surface area contributed by atoms with Crippen LogP contribution in [-0.2, 0) is 0 Å². The van der Waals surface area contributed by atoms with Gasteiger partial charge in [-0.1, -0.05) is 24.6 Å². The summed E-state index contributed by atoms with van der Waals surface area (Å²) in [5, 5.41) is 3.01. The van der Waals surface area contributed by atoms with Crippen molar-refractivity contribution in [3.05, 3.63) is 64.1 Å². The maximum atomic E-state index is 12.4. The van der Waals surface area contributed by atoms with Gasteiger partial charge in [-0.2, -0.15) is 0 Å². The number of carbonyl (C=O) groups excluding carboxylic acids is 1. The van der Waals surface area contributed by atoms with Crippen LogP contribution in [0.4, 0.5) is 0 Å². The van der Waals surface area contributed by atoms with E-state index in [0.29, 0.717) is 12.1 Å². The van der Waals surface area contributed by atoms with Crippen LogP contribution in [0.25, 0.3) is 0 Å². The summed E-state index contributed by atoms with van der Waals surface area (Å²) in [6, 6.07) is 10.9. The van der Waals surface area contributed by atoms with Crippen LogP contribution in [0.1, 0.15) is 41.2 Å². The van der Waals surface area contributed by atoms with E-state index in [4.69, 9.17) is 4.74 Å². The van der Waals surface area contributed by atoms with Crippen molar-refractivity contribution in [1.29, 1.82) is 0 Å². The molecule has 2 N–H and O–H groups in total. The van der Waals surface area contributed by atoms with Crippen LogP contribution in [-0.4, -0.2) is 42.5 Å². The topological polar surface area (TPSA) is 74.4 Å². The zero-order valence-corrected chi connectivity index (χ0v) is 15.0. The average Bonchev–Trinajstić information content (AvgIpc) is 2.69. The number of nitrogens with one attached hydrogen (secondary N) is 2. The molecule has 0 radical (unpaired) electrons. The monoisotopic (exact) mass is 355 g/mol. The number of rotatable bonds is 6. The number of carbonyl (C=O) groups is 1. The number of H-pyrrole nitrogens is 1. The second kappa shape index (κ2) is 8.67. The number of aromatic nitrogens is 1. The average molecular weight is 355 g/mol. The normalized spacial score (nSPS) is 16.0. The van der Waals surface area contributed by atoms with Crippen molar-refractivity contribution in [2.24, 2.45) is 0 Å². The number of aromatic amines is 1. The number of methoxy groups -OCH3 is 1. The van der Waals surface area contributed by atoms with E-state index in [1.54, 1.807) is 7.11 Å². The van der Waals surface area contributed by atoms with Gasteiger partial charge in [0.1, 0.15) is 5.75 Å². The Morgan fingerprint density at radius 3 is 2.65 bits per heavy atom. The molecule has 1 amide bonds. The Bertz CT molecular complexity index is 776. The van der Waals surface area contributed by atoms with Crippen molar-refractivity contribution in [1.82, 2.24) is 15.2 Å². The summed E-state index contributed by atoms with van der Waals surface area (Å²) in [5.74, 6) is 0.638. The van der Waals surface area contributed by atoms with Gasteiger partial charge in [0, 0.05) is 24.4 Å². The first-order valence-electron chi connectivity index (χ1n) is 9.03. The summed E-state index contributed by atoms with van der Waals surface area (Å²) in [7, 11) is 1.67. The predicted octanol–water partition coefficient (Wildman–Crippen LogP) is 2.34. The minimum absolute atomic E-state index is 0.0539. The van der Waals surface area contributed by atoms with Crippen molar-refractivity contribution < 1.29 is 9.53 Å². The zero-order chi connectivity index (χ0) is 18.4. The quantitative estimate of drug-likeness (QED) is 0.834. The molecule has 1 aromatic carbocycles. The lowest BCUT2D eigenvalue weighted by atomic mass is 10.0. The van der Waals surface area contributed by atoms with Crippen molar-refractivity contribution >= 4 is 5.91 Å². The lowest BCUT2D eigenvalue weighted by molar-refractivity contribution is 0.0923. The molecule has 1 aliphatic rings. The van der Waals surface area contributed by atoms with Gasteiger partial charge in [-0.15, -0.1) is 0 Å². The first kappa shape index (κ1) is 18.2. The minimum atomic E-state index is -0.221. The van der Waals surface area contributed by atoms with Gasteiger partial charge < -0.3 is 15.0 Å². The van der Waals surface area contributed by atoms with E-state index in [1.165, 1.54) is 37.6 Å². The molecule has 0 aliphatic carbocycles. The number of hydrogen-bond acceptors (Lipinski definition) is 4. The number of para-hydroxylation sites is 1. The number of likely N-dealkylation sites (tertiary alicyclic amines) is 1. The molecule has 1 saturated heterocycles. The van der Waals surface area contributed by atoms with Crippen LogP contribution < -0.4 is 15.6 Å². The summed E-state index contributed by atoms with van der Waals surface area (Å²) in [6.07, 6.45) is 5.02. The van der Waals surface area contributed by atoms with Gasteiger partial charge in [0.25, 0.3) is 5.91 Å². The van der Waals surface area contributed by atoms with Gasteiger partial charge in [0.15, 0.2) is 0 Å². The first-order chi connectivity index (χ1) is 12.7. The molecule has 6 heteroatoms. The molecular weight excluding hydrogens is 330 g/mol. The van der Waals surface area contributed by atoms with Crippen molar-refractivity contribution in [2.45, 2.75) is 25.3 Å². The van der Waals surface area contributed by atoms with Crippen molar-refractivity contribution in [3.63, 3.8) is 0 Å². The lowest BCUT2D eigenvalue weighted by Crippen LogP contribution is -2.40. The first-order valence-corrected chi connectivity index (χ1v) is 9.03. The van der Waals surface area contributed by atoms with Gasteiger partial charge in [0.2, 0.25) is 5.56 Å². The molecule has 6 nitrogen and oxygen atoms in total. The molecular formula is C20H25N3O3. The highest BCUT2D eigenvalue weighted by Gasteiger charge is 2.25. The second-order valence-electron chi connectivity index (χ2n) is 6.51. The highest BCUT2D eigenvalue weighted by molar-refractivity contribution is 5.93. The van der Waals surface area contributed by atoms with Gasteiger partial charge in [-0.25, -0.2) is 0 Å².